The van der Waals surface area contributed by atoms with Crippen LogP contribution in [0.4, 0.5) is 4.79 Å². The minimum absolute atomic E-state index is 0.372. The molecular formula is C14H32N2O5Si. The summed E-state index contributed by atoms with van der Waals surface area (Å²) in [5.74, 6) is 5.01. The zero-order valence-corrected chi connectivity index (χ0v) is 15.8. The van der Waals surface area contributed by atoms with Crippen molar-refractivity contribution in [2.24, 2.45) is 5.90 Å². The van der Waals surface area contributed by atoms with E-state index in [9.17, 15) is 4.79 Å². The van der Waals surface area contributed by atoms with Gasteiger partial charge in [-0.15, -0.1) is 0 Å². The summed E-state index contributed by atoms with van der Waals surface area (Å²) >= 11 is 0. The Morgan fingerprint density at radius 1 is 1.05 bits per heavy atom. The van der Waals surface area contributed by atoms with Gasteiger partial charge in [-0.1, -0.05) is 0 Å². The molecule has 0 atom stereocenters. The summed E-state index contributed by atoms with van der Waals surface area (Å²) in [7, 11) is -2.68. The molecule has 0 radical (unpaired) electrons. The Kier molecular flexibility index (Phi) is 9.86. The minimum atomic E-state index is -2.68. The monoisotopic (exact) mass is 336 g/mol. The Balaban J connectivity index is 4.78. The van der Waals surface area contributed by atoms with Gasteiger partial charge in [-0.2, -0.15) is 5.90 Å². The summed E-state index contributed by atoms with van der Waals surface area (Å²) in [6.45, 7) is 13.7. The molecule has 0 saturated heterocycles. The standard InChI is InChI=1S/C14H32N2O5Si/c1-7-18-22(19-8-2,20-9-3)12-10-11-16(13(17)21-15)14(4,5)6/h7-12,15H2,1-6H3. The van der Waals surface area contributed by atoms with Gasteiger partial charge in [0.1, 0.15) is 0 Å². The van der Waals surface area contributed by atoms with E-state index >= 15 is 0 Å². The Labute approximate surface area is 135 Å². The normalized spacial score (nSPS) is 12.3. The third-order valence-electron chi connectivity index (χ3n) is 3.09. The first-order valence-corrected chi connectivity index (χ1v) is 9.79. The fraction of sp³-hybridized carbons (Fsp3) is 0.929. The zero-order chi connectivity index (χ0) is 17.2. The van der Waals surface area contributed by atoms with E-state index in [2.05, 4.69) is 4.84 Å². The number of rotatable bonds is 10. The predicted molar refractivity (Wildman–Crippen MR) is 87.2 cm³/mol. The number of hydrogen-bond donors (Lipinski definition) is 1. The van der Waals surface area contributed by atoms with E-state index in [1.165, 1.54) is 0 Å². The molecule has 1 amide bonds. The van der Waals surface area contributed by atoms with Crippen molar-refractivity contribution >= 4 is 14.9 Å². The molecule has 0 bridgehead atoms. The second-order valence-corrected chi connectivity index (χ2v) is 8.52. The molecule has 132 valence electrons. The summed E-state index contributed by atoms with van der Waals surface area (Å²) in [6.07, 6.45) is 0.155. The first-order valence-electron chi connectivity index (χ1n) is 7.86. The summed E-state index contributed by atoms with van der Waals surface area (Å²) in [4.78, 5) is 17.7. The Hall–Kier alpha value is -0.673. The number of amides is 1. The summed E-state index contributed by atoms with van der Waals surface area (Å²) < 4.78 is 17.4. The van der Waals surface area contributed by atoms with Crippen LogP contribution in [0.3, 0.4) is 0 Å². The maximum Gasteiger partial charge on any atom is 0.500 e. The van der Waals surface area contributed by atoms with Crippen LogP contribution in [0.25, 0.3) is 0 Å². The van der Waals surface area contributed by atoms with Gasteiger partial charge in [-0.25, -0.2) is 4.79 Å². The highest BCUT2D eigenvalue weighted by atomic mass is 28.4. The second-order valence-electron chi connectivity index (χ2n) is 5.79. The molecule has 0 aliphatic heterocycles. The van der Waals surface area contributed by atoms with Crippen LogP contribution in [0.15, 0.2) is 0 Å². The lowest BCUT2D eigenvalue weighted by molar-refractivity contribution is 0.0585. The van der Waals surface area contributed by atoms with Crippen LogP contribution in [0.2, 0.25) is 6.04 Å². The van der Waals surface area contributed by atoms with Gasteiger partial charge in [0.25, 0.3) is 0 Å². The molecule has 0 aromatic rings. The van der Waals surface area contributed by atoms with Crippen LogP contribution in [-0.2, 0) is 18.1 Å². The quantitative estimate of drug-likeness (QED) is 0.487. The van der Waals surface area contributed by atoms with Gasteiger partial charge in [0.05, 0.1) is 0 Å². The SMILES string of the molecule is CCO[Si](CCCN(C(=O)ON)C(C)(C)C)(OCC)OCC. The Morgan fingerprint density at radius 3 is 1.82 bits per heavy atom. The van der Waals surface area contributed by atoms with E-state index < -0.39 is 14.9 Å². The second kappa shape index (κ2) is 10.2. The molecule has 0 spiro atoms. The van der Waals surface area contributed by atoms with Gasteiger partial charge in [0.2, 0.25) is 0 Å². The average Bonchev–Trinajstić information content (AvgIpc) is 2.42. The highest BCUT2D eigenvalue weighted by molar-refractivity contribution is 6.60. The highest BCUT2D eigenvalue weighted by Gasteiger charge is 2.40. The Morgan fingerprint density at radius 2 is 1.50 bits per heavy atom. The van der Waals surface area contributed by atoms with Gasteiger partial charge in [-0.05, 0) is 48.0 Å². The van der Waals surface area contributed by atoms with Crippen LogP contribution < -0.4 is 5.90 Å². The van der Waals surface area contributed by atoms with Gasteiger partial charge in [0.15, 0.2) is 0 Å². The van der Waals surface area contributed by atoms with Crippen LogP contribution in [0.1, 0.15) is 48.0 Å². The van der Waals surface area contributed by atoms with Gasteiger partial charge in [-0.3, -0.25) is 0 Å². The molecule has 0 saturated carbocycles. The first-order chi connectivity index (χ1) is 10.3. The molecule has 22 heavy (non-hydrogen) atoms. The molecule has 0 aromatic carbocycles. The molecule has 2 N–H and O–H groups in total. The van der Waals surface area contributed by atoms with Crippen molar-refractivity contribution in [1.82, 2.24) is 4.90 Å². The third kappa shape index (κ3) is 7.06. The highest BCUT2D eigenvalue weighted by Crippen LogP contribution is 2.21. The van der Waals surface area contributed by atoms with Gasteiger partial charge < -0.3 is 23.0 Å². The van der Waals surface area contributed by atoms with Crippen LogP contribution in [0, 0.1) is 0 Å². The van der Waals surface area contributed by atoms with Crippen molar-refractivity contribution in [3.05, 3.63) is 0 Å². The smallest absolute Gasteiger partial charge is 0.374 e. The van der Waals surface area contributed by atoms with Crippen LogP contribution in [-0.4, -0.2) is 51.7 Å². The van der Waals surface area contributed by atoms with Crippen molar-refractivity contribution in [3.63, 3.8) is 0 Å². The van der Waals surface area contributed by atoms with Crippen molar-refractivity contribution in [3.8, 4) is 0 Å². The van der Waals surface area contributed by atoms with E-state index in [1.54, 1.807) is 4.90 Å². The third-order valence-corrected chi connectivity index (χ3v) is 6.24. The minimum Gasteiger partial charge on any atom is -0.374 e. The molecule has 0 aliphatic carbocycles. The molecular weight excluding hydrogens is 304 g/mol. The molecule has 0 heterocycles. The lowest BCUT2D eigenvalue weighted by Gasteiger charge is -2.35. The molecule has 0 unspecified atom stereocenters. The fourth-order valence-electron chi connectivity index (χ4n) is 2.22. The van der Waals surface area contributed by atoms with Crippen molar-refractivity contribution in [1.29, 1.82) is 0 Å². The number of nitrogens with two attached hydrogens (primary N) is 1. The van der Waals surface area contributed by atoms with Crippen LogP contribution in [0.5, 0.6) is 0 Å². The van der Waals surface area contributed by atoms with Gasteiger partial charge in [0, 0.05) is 37.9 Å². The van der Waals surface area contributed by atoms with E-state index in [1.807, 2.05) is 41.5 Å². The van der Waals surface area contributed by atoms with Crippen LogP contribution >= 0.6 is 0 Å². The fourth-order valence-corrected chi connectivity index (χ4v) is 4.81. The summed E-state index contributed by atoms with van der Waals surface area (Å²) in [5, 5.41) is 0. The van der Waals surface area contributed by atoms with Gasteiger partial charge >= 0.3 is 14.9 Å². The van der Waals surface area contributed by atoms with Crippen molar-refractivity contribution < 1.29 is 22.9 Å². The van der Waals surface area contributed by atoms with E-state index in [0.717, 1.165) is 0 Å². The van der Waals surface area contributed by atoms with Crippen molar-refractivity contribution in [2.75, 3.05) is 26.4 Å². The first kappa shape index (κ1) is 21.3. The number of nitrogens with zero attached hydrogens (tertiary/aromatic N) is 1. The molecule has 7 nitrogen and oxygen atoms in total. The number of hydrogen-bond acceptors (Lipinski definition) is 6. The maximum atomic E-state index is 11.8. The molecule has 0 rings (SSSR count). The largest absolute Gasteiger partial charge is 0.500 e. The Bertz CT molecular complexity index is 306. The maximum absolute atomic E-state index is 11.8. The molecule has 0 aromatic heterocycles. The number of carbonyl (C=O) groups excluding carboxylic acids is 1. The molecule has 8 heteroatoms. The zero-order valence-electron chi connectivity index (χ0n) is 14.8. The number of carbonyl (C=O) groups is 1. The summed E-state index contributed by atoms with van der Waals surface area (Å²) in [5.41, 5.74) is -0.372. The lowest BCUT2D eigenvalue weighted by Crippen LogP contribution is -2.49. The van der Waals surface area contributed by atoms with Crippen molar-refractivity contribution in [2.45, 2.75) is 59.5 Å². The topological polar surface area (TPSA) is 83.2 Å². The summed E-state index contributed by atoms with van der Waals surface area (Å²) in [6, 6.07) is 0.646. The lowest BCUT2D eigenvalue weighted by atomic mass is 10.1. The van der Waals surface area contributed by atoms with E-state index in [-0.39, 0.29) is 5.54 Å². The molecule has 0 aliphatic rings. The van der Waals surface area contributed by atoms with E-state index in [0.29, 0.717) is 38.8 Å². The molecule has 0 fully saturated rings. The average molecular weight is 337 g/mol. The predicted octanol–water partition coefficient (Wildman–Crippen LogP) is 2.54. The van der Waals surface area contributed by atoms with E-state index in [4.69, 9.17) is 19.2 Å².